The van der Waals surface area contributed by atoms with E-state index in [4.69, 9.17) is 14.2 Å². The number of carbonyl (C=O) groups is 2. The van der Waals surface area contributed by atoms with Crippen molar-refractivity contribution >= 4 is 11.8 Å². The molecule has 1 aliphatic carbocycles. The highest BCUT2D eigenvalue weighted by molar-refractivity contribution is 6.05. The topological polar surface area (TPSA) is 74.0 Å². The number of rotatable bonds is 7. The predicted molar refractivity (Wildman–Crippen MR) is 113 cm³/mol. The fourth-order valence-electron chi connectivity index (χ4n) is 5.47. The monoisotopic (exact) mass is 433 g/mol. The predicted octanol–water partition coefficient (Wildman–Crippen LogP) is -0.871. The second kappa shape index (κ2) is 9.44. The van der Waals surface area contributed by atoms with Gasteiger partial charge in [-0.15, -0.1) is 0 Å². The zero-order chi connectivity index (χ0) is 22.0. The first-order valence-electron chi connectivity index (χ1n) is 11.4. The molecule has 8 heteroatoms. The largest absolute Gasteiger partial charge is 0.493 e. The van der Waals surface area contributed by atoms with Crippen LogP contribution in [0.5, 0.6) is 17.2 Å². The molecule has 3 fully saturated rings. The molecular weight excluding hydrogens is 398 g/mol. The number of piperazine rings is 1. The minimum atomic E-state index is -0.0509. The number of amides is 2. The summed E-state index contributed by atoms with van der Waals surface area (Å²) in [4.78, 5) is 29.9. The van der Waals surface area contributed by atoms with Crippen molar-refractivity contribution in [3.8, 4) is 17.2 Å². The van der Waals surface area contributed by atoms with E-state index in [2.05, 4.69) is 0 Å². The maximum atomic E-state index is 12.8. The highest BCUT2D eigenvalue weighted by atomic mass is 16.5. The van der Waals surface area contributed by atoms with Gasteiger partial charge in [-0.2, -0.15) is 0 Å². The van der Waals surface area contributed by atoms with E-state index in [0.717, 1.165) is 69.7 Å². The first kappa shape index (κ1) is 21.9. The minimum Gasteiger partial charge on any atom is -0.493 e. The number of hydrogen-bond donors (Lipinski definition) is 2. The number of fused-ring (bicyclic) bond motifs is 1. The molecule has 1 aromatic rings. The van der Waals surface area contributed by atoms with Gasteiger partial charge in [0.15, 0.2) is 18.2 Å². The van der Waals surface area contributed by atoms with Crippen molar-refractivity contribution in [2.45, 2.75) is 32.2 Å². The Hall–Kier alpha value is -2.32. The molecular formula is C23H35N3O5+2. The molecule has 31 heavy (non-hydrogen) atoms. The average Bonchev–Trinajstić information content (AvgIpc) is 3.04. The first-order chi connectivity index (χ1) is 15.1. The summed E-state index contributed by atoms with van der Waals surface area (Å²) in [5, 5.41) is 0. The molecule has 170 valence electrons. The number of methoxy groups -OCH3 is 3. The number of hydrogen-bond acceptors (Lipinski definition) is 5. The van der Waals surface area contributed by atoms with Crippen LogP contribution >= 0.6 is 0 Å². The van der Waals surface area contributed by atoms with Crippen LogP contribution in [-0.2, 0) is 16.1 Å². The molecule has 1 aromatic carbocycles. The van der Waals surface area contributed by atoms with E-state index in [-0.39, 0.29) is 23.7 Å². The Morgan fingerprint density at radius 3 is 1.97 bits per heavy atom. The Morgan fingerprint density at radius 2 is 1.42 bits per heavy atom. The highest BCUT2D eigenvalue weighted by Gasteiger charge is 2.49. The molecule has 8 nitrogen and oxygen atoms in total. The molecule has 2 N–H and O–H groups in total. The van der Waals surface area contributed by atoms with E-state index in [1.54, 1.807) is 26.2 Å². The van der Waals surface area contributed by atoms with Crippen LogP contribution in [0.1, 0.15) is 31.2 Å². The van der Waals surface area contributed by atoms with Crippen LogP contribution in [0.3, 0.4) is 0 Å². The lowest BCUT2D eigenvalue weighted by Crippen LogP contribution is -3.28. The summed E-state index contributed by atoms with van der Waals surface area (Å²) in [6.07, 6.45) is 3.91. The number of nitrogens with one attached hydrogen (secondary N) is 2. The second-order valence-corrected chi connectivity index (χ2v) is 8.93. The molecule has 3 aliphatic rings. The Morgan fingerprint density at radius 1 is 0.839 bits per heavy atom. The van der Waals surface area contributed by atoms with Gasteiger partial charge in [0.05, 0.1) is 38.7 Å². The molecule has 0 spiro atoms. The van der Waals surface area contributed by atoms with Crippen LogP contribution in [-0.4, -0.2) is 70.9 Å². The minimum absolute atomic E-state index is 0.0509. The number of imide groups is 1. The molecule has 2 heterocycles. The number of carbonyl (C=O) groups excluding carboxylic acids is 2. The summed E-state index contributed by atoms with van der Waals surface area (Å²) >= 11 is 0. The van der Waals surface area contributed by atoms with E-state index >= 15 is 0 Å². The fraction of sp³-hybridized carbons (Fsp3) is 0.652. The average molecular weight is 434 g/mol. The third-order valence-electron chi connectivity index (χ3n) is 7.20. The smallest absolute Gasteiger partial charge is 0.237 e. The Balaban J connectivity index is 1.34. The van der Waals surface area contributed by atoms with Crippen LogP contribution in [0.4, 0.5) is 0 Å². The zero-order valence-electron chi connectivity index (χ0n) is 18.9. The number of ether oxygens (including phenoxy) is 3. The second-order valence-electron chi connectivity index (χ2n) is 8.93. The molecule has 2 aliphatic heterocycles. The zero-order valence-corrected chi connectivity index (χ0v) is 18.9. The third-order valence-corrected chi connectivity index (χ3v) is 7.20. The molecule has 1 saturated carbocycles. The normalized spacial score (nSPS) is 28.4. The van der Waals surface area contributed by atoms with Crippen molar-refractivity contribution in [3.05, 3.63) is 17.7 Å². The number of likely N-dealkylation sites (tertiary alicyclic amines) is 1. The lowest BCUT2D eigenvalue weighted by molar-refractivity contribution is -1.02. The summed E-state index contributed by atoms with van der Waals surface area (Å²) in [6, 6.07) is 3.96. The Labute approximate surface area is 184 Å². The van der Waals surface area contributed by atoms with E-state index in [1.165, 1.54) is 9.80 Å². The maximum absolute atomic E-state index is 12.8. The fourth-order valence-corrected chi connectivity index (χ4v) is 5.47. The molecule has 0 bridgehead atoms. The third kappa shape index (κ3) is 4.23. The van der Waals surface area contributed by atoms with Gasteiger partial charge in [-0.25, -0.2) is 4.90 Å². The summed E-state index contributed by atoms with van der Waals surface area (Å²) in [5.74, 6) is 2.06. The molecule has 2 amide bonds. The van der Waals surface area contributed by atoms with Gasteiger partial charge in [-0.3, -0.25) is 9.59 Å². The van der Waals surface area contributed by atoms with Crippen molar-refractivity contribution in [1.82, 2.24) is 4.90 Å². The van der Waals surface area contributed by atoms with Gasteiger partial charge >= 0.3 is 0 Å². The first-order valence-corrected chi connectivity index (χ1v) is 11.4. The molecule has 0 aromatic heterocycles. The number of nitrogens with zero attached hydrogens (tertiary/aromatic N) is 1. The van der Waals surface area contributed by atoms with Gasteiger partial charge in [0.1, 0.15) is 32.7 Å². The van der Waals surface area contributed by atoms with Crippen LogP contribution in [0.25, 0.3) is 0 Å². The van der Waals surface area contributed by atoms with E-state index in [9.17, 15) is 9.59 Å². The van der Waals surface area contributed by atoms with Gasteiger partial charge in [-0.1, -0.05) is 12.8 Å². The van der Waals surface area contributed by atoms with Crippen LogP contribution in [0.2, 0.25) is 0 Å². The molecule has 2 saturated heterocycles. The number of quaternary nitrogens is 2. The van der Waals surface area contributed by atoms with Crippen LogP contribution in [0, 0.1) is 11.8 Å². The summed E-state index contributed by atoms with van der Waals surface area (Å²) in [7, 11) is 4.89. The van der Waals surface area contributed by atoms with Crippen molar-refractivity contribution in [3.63, 3.8) is 0 Å². The molecule has 2 atom stereocenters. The van der Waals surface area contributed by atoms with Gasteiger partial charge < -0.3 is 24.0 Å². The molecule has 0 radical (unpaired) electrons. The van der Waals surface area contributed by atoms with Crippen LogP contribution in [0.15, 0.2) is 12.1 Å². The van der Waals surface area contributed by atoms with Gasteiger partial charge in [-0.05, 0) is 25.0 Å². The van der Waals surface area contributed by atoms with E-state index in [0.29, 0.717) is 18.2 Å². The standard InChI is InChI=1S/C23H33N3O5/c1-29-19-9-8-16(20(30-2)21(19)31-3)14-24-10-12-25(13-11-24)15-26-22(27)17-6-4-5-7-18(17)23(26)28/h8-9,17-18H,4-7,10-15H2,1-3H3/p+2/t17-,18-/m1/s1. The van der Waals surface area contributed by atoms with Crippen molar-refractivity contribution < 1.29 is 33.6 Å². The Kier molecular flexibility index (Phi) is 6.67. The van der Waals surface area contributed by atoms with Crippen molar-refractivity contribution in [2.75, 3.05) is 54.2 Å². The van der Waals surface area contributed by atoms with Gasteiger partial charge in [0.25, 0.3) is 0 Å². The lowest BCUT2D eigenvalue weighted by atomic mass is 9.81. The van der Waals surface area contributed by atoms with Gasteiger partial charge in [0.2, 0.25) is 17.6 Å². The maximum Gasteiger partial charge on any atom is 0.237 e. The summed E-state index contributed by atoms with van der Waals surface area (Å²) < 4.78 is 16.5. The molecule has 4 rings (SSSR count). The number of benzene rings is 1. The van der Waals surface area contributed by atoms with Crippen LogP contribution < -0.4 is 24.0 Å². The summed E-state index contributed by atoms with van der Waals surface area (Å²) in [5.41, 5.74) is 1.09. The highest BCUT2D eigenvalue weighted by Crippen LogP contribution is 2.39. The van der Waals surface area contributed by atoms with Crippen molar-refractivity contribution in [1.29, 1.82) is 0 Å². The summed E-state index contributed by atoms with van der Waals surface area (Å²) in [6.45, 7) is 5.21. The SMILES string of the molecule is COc1ccc(C[NH+]2CC[NH+](CN3C(=O)[C@@H]4CCCC[C@H]4C3=O)CC2)c(OC)c1OC. The molecule has 0 unspecified atom stereocenters. The van der Waals surface area contributed by atoms with Gasteiger partial charge in [0, 0.05) is 0 Å². The van der Waals surface area contributed by atoms with E-state index in [1.807, 2.05) is 12.1 Å². The Bertz CT molecular complexity index is 798. The lowest BCUT2D eigenvalue weighted by Gasteiger charge is -2.31. The quantitative estimate of drug-likeness (QED) is 0.547. The van der Waals surface area contributed by atoms with Crippen molar-refractivity contribution in [2.24, 2.45) is 11.8 Å². The van der Waals surface area contributed by atoms with E-state index < -0.39 is 0 Å².